The first kappa shape index (κ1) is 15.1. The van der Waals surface area contributed by atoms with Gasteiger partial charge in [0.1, 0.15) is 0 Å². The lowest BCUT2D eigenvalue weighted by molar-refractivity contribution is -0.119. The minimum Gasteiger partial charge on any atom is -0.353 e. The molecule has 20 heavy (non-hydrogen) atoms. The van der Waals surface area contributed by atoms with Gasteiger partial charge in [0.15, 0.2) is 10.8 Å². The number of carbonyl (C=O) groups excluding carboxylic acids is 1. The van der Waals surface area contributed by atoms with Crippen LogP contribution in [0.3, 0.4) is 0 Å². The van der Waals surface area contributed by atoms with Gasteiger partial charge in [0.05, 0.1) is 16.3 Å². The van der Waals surface area contributed by atoms with E-state index >= 15 is 0 Å². The van der Waals surface area contributed by atoms with Crippen LogP contribution in [0.4, 0.5) is 0 Å². The summed E-state index contributed by atoms with van der Waals surface area (Å²) in [6.07, 6.45) is 3.44. The van der Waals surface area contributed by atoms with Gasteiger partial charge >= 0.3 is 0 Å². The van der Waals surface area contributed by atoms with Crippen molar-refractivity contribution in [1.29, 1.82) is 0 Å². The van der Waals surface area contributed by atoms with Gasteiger partial charge in [-0.25, -0.2) is 9.97 Å². The molecule has 2 N–H and O–H groups in total. The molecule has 0 aliphatic heterocycles. The van der Waals surface area contributed by atoms with Gasteiger partial charge in [-0.05, 0) is 18.9 Å². The summed E-state index contributed by atoms with van der Waals surface area (Å²) in [6.45, 7) is 4.13. The molecule has 0 bridgehead atoms. The highest BCUT2D eigenvalue weighted by Gasteiger charge is 2.11. The molecule has 0 saturated heterocycles. The standard InChI is InChI=1S/C13H17ClN4OS/c1-3-9(4-2)16-11(19)7-20-13-17-10-5-8(14)6-15-12(10)18-13/h5-6,9H,3-4,7H2,1-2H3,(H,16,19)(H,15,17,18). The number of rotatable bonds is 6. The highest BCUT2D eigenvalue weighted by atomic mass is 35.5. The Morgan fingerprint density at radius 2 is 2.25 bits per heavy atom. The molecule has 1 amide bonds. The number of fused-ring (bicyclic) bond motifs is 1. The number of H-pyrrole nitrogens is 1. The largest absolute Gasteiger partial charge is 0.353 e. The predicted octanol–water partition coefficient (Wildman–Crippen LogP) is 3.01. The third kappa shape index (κ3) is 3.86. The van der Waals surface area contributed by atoms with Crippen molar-refractivity contribution in [2.75, 3.05) is 5.75 Å². The molecule has 0 aromatic carbocycles. The second-order valence-corrected chi connectivity index (χ2v) is 5.84. The summed E-state index contributed by atoms with van der Waals surface area (Å²) < 4.78 is 0. The van der Waals surface area contributed by atoms with E-state index in [1.54, 1.807) is 12.3 Å². The van der Waals surface area contributed by atoms with E-state index in [-0.39, 0.29) is 11.9 Å². The molecule has 0 atom stereocenters. The quantitative estimate of drug-likeness (QED) is 0.804. The number of aromatic nitrogens is 3. The second kappa shape index (κ2) is 6.95. The van der Waals surface area contributed by atoms with Gasteiger partial charge in [-0.1, -0.05) is 37.2 Å². The highest BCUT2D eigenvalue weighted by molar-refractivity contribution is 7.99. The van der Waals surface area contributed by atoms with E-state index < -0.39 is 0 Å². The summed E-state index contributed by atoms with van der Waals surface area (Å²) in [4.78, 5) is 23.3. The zero-order valence-corrected chi connectivity index (χ0v) is 13.0. The Labute approximate surface area is 126 Å². The molecule has 0 unspecified atom stereocenters. The number of aromatic amines is 1. The van der Waals surface area contributed by atoms with Crippen LogP contribution in [0.25, 0.3) is 11.2 Å². The molecule has 2 heterocycles. The predicted molar refractivity (Wildman–Crippen MR) is 82.1 cm³/mol. The fourth-order valence-corrected chi connectivity index (χ4v) is 2.66. The minimum absolute atomic E-state index is 0.0233. The topological polar surface area (TPSA) is 70.7 Å². The van der Waals surface area contributed by atoms with Crippen LogP contribution in [-0.4, -0.2) is 32.7 Å². The van der Waals surface area contributed by atoms with Crippen molar-refractivity contribution in [3.8, 4) is 0 Å². The second-order valence-electron chi connectivity index (χ2n) is 4.44. The molecular formula is C13H17ClN4OS. The molecule has 108 valence electrons. The molecule has 0 saturated carbocycles. The number of hydrogen-bond acceptors (Lipinski definition) is 4. The maximum atomic E-state index is 11.8. The number of pyridine rings is 1. The Morgan fingerprint density at radius 3 is 2.95 bits per heavy atom. The average Bonchev–Trinajstić information content (AvgIpc) is 2.84. The van der Waals surface area contributed by atoms with Crippen LogP contribution in [-0.2, 0) is 4.79 Å². The van der Waals surface area contributed by atoms with Crippen molar-refractivity contribution in [3.05, 3.63) is 17.3 Å². The van der Waals surface area contributed by atoms with Crippen molar-refractivity contribution in [2.24, 2.45) is 0 Å². The number of hydrogen-bond donors (Lipinski definition) is 2. The zero-order chi connectivity index (χ0) is 14.5. The summed E-state index contributed by atoms with van der Waals surface area (Å²) in [6, 6.07) is 2.02. The Kier molecular flexibility index (Phi) is 5.25. The molecule has 0 aliphatic carbocycles. The summed E-state index contributed by atoms with van der Waals surface area (Å²) in [5, 5.41) is 4.23. The molecular weight excluding hydrogens is 296 g/mol. The lowest BCUT2D eigenvalue weighted by Crippen LogP contribution is -2.35. The van der Waals surface area contributed by atoms with E-state index in [2.05, 4.69) is 34.1 Å². The Hall–Kier alpha value is -1.27. The van der Waals surface area contributed by atoms with Crippen molar-refractivity contribution in [3.63, 3.8) is 0 Å². The molecule has 2 aromatic rings. The van der Waals surface area contributed by atoms with Gasteiger partial charge in [-0.15, -0.1) is 0 Å². The van der Waals surface area contributed by atoms with E-state index in [0.717, 1.165) is 18.4 Å². The summed E-state index contributed by atoms with van der Waals surface area (Å²) in [5.74, 6) is 0.361. The summed E-state index contributed by atoms with van der Waals surface area (Å²) in [7, 11) is 0. The van der Waals surface area contributed by atoms with Gasteiger partial charge in [0, 0.05) is 12.2 Å². The van der Waals surface area contributed by atoms with Gasteiger partial charge in [-0.3, -0.25) is 4.79 Å². The van der Waals surface area contributed by atoms with Gasteiger partial charge in [0.2, 0.25) is 5.91 Å². The van der Waals surface area contributed by atoms with Crippen LogP contribution in [0.1, 0.15) is 26.7 Å². The lowest BCUT2D eigenvalue weighted by Gasteiger charge is -2.13. The number of nitrogens with one attached hydrogen (secondary N) is 2. The molecule has 5 nitrogen and oxygen atoms in total. The van der Waals surface area contributed by atoms with E-state index in [9.17, 15) is 4.79 Å². The number of halogens is 1. The van der Waals surface area contributed by atoms with Crippen LogP contribution >= 0.6 is 23.4 Å². The van der Waals surface area contributed by atoms with E-state index in [0.29, 0.717) is 21.6 Å². The molecule has 0 radical (unpaired) electrons. The number of imidazole rings is 1. The molecule has 0 spiro atoms. The highest BCUT2D eigenvalue weighted by Crippen LogP contribution is 2.20. The van der Waals surface area contributed by atoms with Gasteiger partial charge < -0.3 is 10.3 Å². The number of carbonyl (C=O) groups is 1. The van der Waals surface area contributed by atoms with Crippen molar-refractivity contribution >= 4 is 40.4 Å². The first-order chi connectivity index (χ1) is 9.62. The molecule has 0 fully saturated rings. The maximum Gasteiger partial charge on any atom is 0.230 e. The van der Waals surface area contributed by atoms with Gasteiger partial charge in [0.25, 0.3) is 0 Å². The Morgan fingerprint density at radius 1 is 1.50 bits per heavy atom. The van der Waals surface area contributed by atoms with E-state index in [1.165, 1.54) is 11.8 Å². The fourth-order valence-electron chi connectivity index (χ4n) is 1.82. The molecule has 7 heteroatoms. The van der Waals surface area contributed by atoms with Crippen LogP contribution < -0.4 is 5.32 Å². The molecule has 2 rings (SSSR count). The van der Waals surface area contributed by atoms with E-state index in [4.69, 9.17) is 11.6 Å². The van der Waals surface area contributed by atoms with Crippen molar-refractivity contribution in [2.45, 2.75) is 37.9 Å². The fraction of sp³-hybridized carbons (Fsp3) is 0.462. The average molecular weight is 313 g/mol. The Balaban J connectivity index is 1.93. The lowest BCUT2D eigenvalue weighted by atomic mass is 10.2. The molecule has 2 aromatic heterocycles. The number of amides is 1. The SMILES string of the molecule is CCC(CC)NC(=O)CSc1nc2ncc(Cl)cc2[nH]1. The van der Waals surface area contributed by atoms with Crippen LogP contribution in [0, 0.1) is 0 Å². The first-order valence-corrected chi connectivity index (χ1v) is 7.92. The van der Waals surface area contributed by atoms with Crippen molar-refractivity contribution < 1.29 is 4.79 Å². The third-order valence-electron chi connectivity index (χ3n) is 2.97. The smallest absolute Gasteiger partial charge is 0.230 e. The maximum absolute atomic E-state index is 11.8. The summed E-state index contributed by atoms with van der Waals surface area (Å²) in [5.41, 5.74) is 1.39. The molecule has 0 aliphatic rings. The summed E-state index contributed by atoms with van der Waals surface area (Å²) >= 11 is 7.22. The monoisotopic (exact) mass is 312 g/mol. The van der Waals surface area contributed by atoms with Crippen molar-refractivity contribution in [1.82, 2.24) is 20.3 Å². The first-order valence-electron chi connectivity index (χ1n) is 6.55. The zero-order valence-electron chi connectivity index (χ0n) is 11.4. The third-order valence-corrected chi connectivity index (χ3v) is 4.05. The van der Waals surface area contributed by atoms with Gasteiger partial charge in [-0.2, -0.15) is 0 Å². The van der Waals surface area contributed by atoms with E-state index in [1.807, 2.05) is 0 Å². The minimum atomic E-state index is 0.0233. The van der Waals surface area contributed by atoms with Crippen LogP contribution in [0.5, 0.6) is 0 Å². The number of thioether (sulfide) groups is 1. The normalized spacial score (nSPS) is 11.2. The Bertz CT molecular complexity index is 597. The number of nitrogens with zero attached hydrogens (tertiary/aromatic N) is 2. The van der Waals surface area contributed by atoms with Crippen LogP contribution in [0.15, 0.2) is 17.4 Å². The van der Waals surface area contributed by atoms with Crippen LogP contribution in [0.2, 0.25) is 5.02 Å².